The number of rotatable bonds is 9. The predicted molar refractivity (Wildman–Crippen MR) is 129 cm³/mol. The van der Waals surface area contributed by atoms with Crippen LogP contribution in [0.1, 0.15) is 82.0 Å². The molecule has 0 aromatic heterocycles. The minimum Gasteiger partial charge on any atom is -0.459 e. The molecule has 6 nitrogen and oxygen atoms in total. The highest BCUT2D eigenvalue weighted by molar-refractivity contribution is 5.89. The van der Waals surface area contributed by atoms with Gasteiger partial charge in [-0.2, -0.15) is 0 Å². The first kappa shape index (κ1) is 26.0. The Kier molecular flexibility index (Phi) is 9.73. The summed E-state index contributed by atoms with van der Waals surface area (Å²) in [6, 6.07) is 6.34. The topological polar surface area (TPSA) is 78.9 Å². The molecule has 2 fully saturated rings. The molecule has 34 heavy (non-hydrogen) atoms. The summed E-state index contributed by atoms with van der Waals surface area (Å²) in [6.07, 6.45) is 10.8. The van der Waals surface area contributed by atoms with Gasteiger partial charge in [0.25, 0.3) is 0 Å². The van der Waals surface area contributed by atoms with E-state index in [2.05, 4.69) is 13.5 Å². The Hall–Kier alpha value is -2.63. The molecule has 0 atom stereocenters. The zero-order valence-electron chi connectivity index (χ0n) is 20.6. The first-order valence-corrected chi connectivity index (χ1v) is 12.7. The van der Waals surface area contributed by atoms with E-state index < -0.39 is 11.9 Å². The van der Waals surface area contributed by atoms with Crippen LogP contribution in [0.5, 0.6) is 5.75 Å². The molecule has 0 amide bonds. The lowest BCUT2D eigenvalue weighted by Gasteiger charge is -2.37. The first-order chi connectivity index (χ1) is 16.4. The second-order valence-electron chi connectivity index (χ2n) is 9.80. The Morgan fingerprint density at radius 3 is 1.97 bits per heavy atom. The van der Waals surface area contributed by atoms with Crippen molar-refractivity contribution in [2.45, 2.75) is 71.6 Å². The third-order valence-electron chi connectivity index (χ3n) is 7.45. The Morgan fingerprint density at radius 2 is 1.41 bits per heavy atom. The van der Waals surface area contributed by atoms with E-state index in [9.17, 15) is 14.4 Å². The number of ether oxygens (including phenoxy) is 3. The van der Waals surface area contributed by atoms with Crippen LogP contribution in [0, 0.1) is 23.7 Å². The van der Waals surface area contributed by atoms with Crippen molar-refractivity contribution < 1.29 is 28.6 Å². The maximum atomic E-state index is 12.7. The fourth-order valence-electron chi connectivity index (χ4n) is 5.23. The Labute approximate surface area is 203 Å². The highest BCUT2D eigenvalue weighted by Crippen LogP contribution is 2.42. The molecule has 0 bridgehead atoms. The van der Waals surface area contributed by atoms with Gasteiger partial charge in [0.15, 0.2) is 0 Å². The molecule has 0 heterocycles. The van der Waals surface area contributed by atoms with Crippen LogP contribution in [-0.4, -0.2) is 31.1 Å². The van der Waals surface area contributed by atoms with Gasteiger partial charge in [-0.15, -0.1) is 0 Å². The van der Waals surface area contributed by atoms with Crippen molar-refractivity contribution >= 4 is 17.9 Å². The number of carbonyl (C=O) groups is 3. The van der Waals surface area contributed by atoms with Crippen molar-refractivity contribution in [1.82, 2.24) is 0 Å². The Bertz CT molecular complexity index is 842. The van der Waals surface area contributed by atoms with Crippen LogP contribution in [0.2, 0.25) is 0 Å². The minimum atomic E-state index is -0.532. The van der Waals surface area contributed by atoms with E-state index in [0.29, 0.717) is 16.9 Å². The number of carbonyl (C=O) groups excluding carboxylic acids is 3. The SMILES string of the molecule is C=C(C)C(=O)OCCOC(=O)c1ccc(OC(=O)C2CCC(C3CCC(CC)CC3)CC2)cc1. The molecule has 0 unspecified atom stereocenters. The number of benzene rings is 1. The predicted octanol–water partition coefficient (Wildman–Crippen LogP) is 5.89. The van der Waals surface area contributed by atoms with Crippen molar-refractivity contribution in [2.24, 2.45) is 23.7 Å². The molecule has 2 aliphatic rings. The summed E-state index contributed by atoms with van der Waals surface area (Å²) in [4.78, 5) is 36.1. The maximum Gasteiger partial charge on any atom is 0.338 e. The zero-order valence-corrected chi connectivity index (χ0v) is 20.6. The zero-order chi connectivity index (χ0) is 24.5. The first-order valence-electron chi connectivity index (χ1n) is 12.7. The molecule has 1 aromatic carbocycles. The summed E-state index contributed by atoms with van der Waals surface area (Å²) in [5, 5.41) is 0. The second-order valence-corrected chi connectivity index (χ2v) is 9.80. The van der Waals surface area contributed by atoms with Crippen LogP contribution < -0.4 is 4.74 Å². The van der Waals surface area contributed by atoms with Gasteiger partial charge in [-0.3, -0.25) is 4.79 Å². The van der Waals surface area contributed by atoms with Gasteiger partial charge in [-0.25, -0.2) is 9.59 Å². The molecule has 0 aliphatic heterocycles. The van der Waals surface area contributed by atoms with Crippen molar-refractivity contribution in [3.05, 3.63) is 42.0 Å². The number of esters is 3. The molecule has 1 aromatic rings. The molecule has 0 spiro atoms. The highest BCUT2D eigenvalue weighted by atomic mass is 16.6. The molecule has 3 rings (SSSR count). The number of hydrogen-bond donors (Lipinski definition) is 0. The van der Waals surface area contributed by atoms with E-state index in [1.807, 2.05) is 0 Å². The van der Waals surface area contributed by atoms with Gasteiger partial charge in [0.2, 0.25) is 0 Å². The van der Waals surface area contributed by atoms with Crippen LogP contribution in [0.15, 0.2) is 36.4 Å². The summed E-state index contributed by atoms with van der Waals surface area (Å²) in [7, 11) is 0. The van der Waals surface area contributed by atoms with Crippen LogP contribution >= 0.6 is 0 Å². The van der Waals surface area contributed by atoms with E-state index in [1.165, 1.54) is 32.1 Å². The van der Waals surface area contributed by atoms with E-state index in [1.54, 1.807) is 31.2 Å². The van der Waals surface area contributed by atoms with Crippen molar-refractivity contribution in [2.75, 3.05) is 13.2 Å². The highest BCUT2D eigenvalue weighted by Gasteiger charge is 2.33. The van der Waals surface area contributed by atoms with E-state index in [0.717, 1.165) is 43.4 Å². The standard InChI is InChI=1S/C28H38O6/c1-4-20-5-7-21(8-6-20)22-9-11-24(12-10-22)28(31)34-25-15-13-23(14-16-25)27(30)33-18-17-32-26(29)19(2)3/h13-16,20-22,24H,2,4-12,17-18H2,1,3H3. The third-order valence-corrected chi connectivity index (χ3v) is 7.45. The van der Waals surface area contributed by atoms with Gasteiger partial charge in [-0.05, 0) is 87.5 Å². The van der Waals surface area contributed by atoms with E-state index >= 15 is 0 Å². The largest absolute Gasteiger partial charge is 0.459 e. The van der Waals surface area contributed by atoms with E-state index in [-0.39, 0.29) is 25.1 Å². The quantitative estimate of drug-likeness (QED) is 0.194. The normalized spacial score (nSPS) is 24.6. The second kappa shape index (κ2) is 12.7. The lowest BCUT2D eigenvalue weighted by Crippen LogP contribution is -2.30. The summed E-state index contributed by atoms with van der Waals surface area (Å²) in [5.41, 5.74) is 0.628. The third kappa shape index (κ3) is 7.44. The Morgan fingerprint density at radius 1 is 0.853 bits per heavy atom. The van der Waals surface area contributed by atoms with Crippen LogP contribution in [0.3, 0.4) is 0 Å². The smallest absolute Gasteiger partial charge is 0.338 e. The van der Waals surface area contributed by atoms with Crippen molar-refractivity contribution in [3.8, 4) is 5.75 Å². The van der Waals surface area contributed by atoms with E-state index in [4.69, 9.17) is 14.2 Å². The molecule has 0 N–H and O–H groups in total. The lowest BCUT2D eigenvalue weighted by molar-refractivity contribution is -0.141. The monoisotopic (exact) mass is 470 g/mol. The number of hydrogen-bond acceptors (Lipinski definition) is 6. The van der Waals surface area contributed by atoms with Gasteiger partial charge >= 0.3 is 17.9 Å². The fraction of sp³-hybridized carbons (Fsp3) is 0.607. The van der Waals surface area contributed by atoms with Crippen molar-refractivity contribution in [3.63, 3.8) is 0 Å². The molecule has 186 valence electrons. The van der Waals surface area contributed by atoms with Gasteiger partial charge < -0.3 is 14.2 Å². The summed E-state index contributed by atoms with van der Waals surface area (Å²) in [5.74, 6) is 1.67. The van der Waals surface area contributed by atoms with Gasteiger partial charge in [0, 0.05) is 5.57 Å². The van der Waals surface area contributed by atoms with Crippen LogP contribution in [0.25, 0.3) is 0 Å². The summed E-state index contributed by atoms with van der Waals surface area (Å²) in [6.45, 7) is 7.26. The minimum absolute atomic E-state index is 0.0324. The fourth-order valence-corrected chi connectivity index (χ4v) is 5.23. The van der Waals surface area contributed by atoms with Crippen molar-refractivity contribution in [1.29, 1.82) is 0 Å². The van der Waals surface area contributed by atoms with Crippen LogP contribution in [0.4, 0.5) is 0 Å². The van der Waals surface area contributed by atoms with Gasteiger partial charge in [-0.1, -0.05) is 32.8 Å². The molecule has 2 saturated carbocycles. The molecule has 0 radical (unpaired) electrons. The summed E-state index contributed by atoms with van der Waals surface area (Å²) >= 11 is 0. The molecular weight excluding hydrogens is 432 g/mol. The Balaban J connectivity index is 1.38. The average Bonchev–Trinajstić information content (AvgIpc) is 2.86. The molecule has 2 aliphatic carbocycles. The van der Waals surface area contributed by atoms with Crippen LogP contribution in [-0.2, 0) is 19.1 Å². The maximum absolute atomic E-state index is 12.7. The summed E-state index contributed by atoms with van der Waals surface area (Å²) < 4.78 is 15.6. The lowest BCUT2D eigenvalue weighted by atomic mass is 9.69. The van der Waals surface area contributed by atoms with Gasteiger partial charge in [0.1, 0.15) is 19.0 Å². The molecule has 0 saturated heterocycles. The molecular formula is C28H38O6. The van der Waals surface area contributed by atoms with Gasteiger partial charge in [0.05, 0.1) is 11.5 Å². The molecule has 6 heteroatoms. The average molecular weight is 471 g/mol.